The number of unbranched alkanes of at least 4 members (excludes halogenated alkanes) is 1. The van der Waals surface area contributed by atoms with Gasteiger partial charge in [0.1, 0.15) is 0 Å². The molecule has 0 fully saturated rings. The van der Waals surface area contributed by atoms with Crippen LogP contribution in [0.3, 0.4) is 0 Å². The Morgan fingerprint density at radius 3 is 2.88 bits per heavy atom. The minimum atomic E-state index is -0.0879. The van der Waals surface area contributed by atoms with Gasteiger partial charge in [-0.25, -0.2) is 0 Å². The van der Waals surface area contributed by atoms with Crippen LogP contribution in [0.25, 0.3) is 0 Å². The van der Waals surface area contributed by atoms with Gasteiger partial charge in [0.15, 0.2) is 11.5 Å². The third-order valence-electron chi connectivity index (χ3n) is 4.45. The van der Waals surface area contributed by atoms with E-state index in [0.29, 0.717) is 23.7 Å². The van der Waals surface area contributed by atoms with Crippen molar-refractivity contribution in [1.82, 2.24) is 5.32 Å². The molecule has 0 aliphatic carbocycles. The Morgan fingerprint density at radius 2 is 2.08 bits per heavy atom. The van der Waals surface area contributed by atoms with Gasteiger partial charge in [-0.2, -0.15) is 0 Å². The fraction of sp³-hybridized carbons (Fsp3) is 0.381. The van der Waals surface area contributed by atoms with Crippen LogP contribution in [-0.2, 0) is 0 Å². The number of hydrogen-bond donors (Lipinski definition) is 1. The van der Waals surface area contributed by atoms with E-state index in [2.05, 4.69) is 24.4 Å². The summed E-state index contributed by atoms with van der Waals surface area (Å²) in [6.07, 6.45) is 3.00. The van der Waals surface area contributed by atoms with E-state index in [-0.39, 0.29) is 11.9 Å². The van der Waals surface area contributed by atoms with Crippen molar-refractivity contribution >= 4 is 17.7 Å². The molecule has 5 heteroatoms. The quantitative estimate of drug-likeness (QED) is 0.708. The number of benzene rings is 2. The second-order valence-corrected chi connectivity index (χ2v) is 7.41. The summed E-state index contributed by atoms with van der Waals surface area (Å²) in [6, 6.07) is 13.7. The Morgan fingerprint density at radius 1 is 1.23 bits per heavy atom. The molecule has 1 aliphatic heterocycles. The largest absolute Gasteiger partial charge is 0.493 e. The zero-order valence-electron chi connectivity index (χ0n) is 15.3. The fourth-order valence-corrected chi connectivity index (χ4v) is 4.11. The second-order valence-electron chi connectivity index (χ2n) is 6.27. The summed E-state index contributed by atoms with van der Waals surface area (Å²) in [6.45, 7) is 2.77. The number of methoxy groups -OCH3 is 1. The van der Waals surface area contributed by atoms with Gasteiger partial charge in [-0.05, 0) is 42.7 Å². The van der Waals surface area contributed by atoms with Crippen LogP contribution in [0.15, 0.2) is 47.4 Å². The standard InChI is InChI=1S/C21H25NO3S/c1-3-4-12-25-18-10-9-15(14-19(18)24-2)21(23)22-17-11-13-26-20-8-6-5-7-16(17)20/h5-10,14,17H,3-4,11-13H2,1-2H3,(H,22,23)/t17-/m1/s1. The molecule has 1 aliphatic rings. The lowest BCUT2D eigenvalue weighted by atomic mass is 10.0. The number of amides is 1. The van der Waals surface area contributed by atoms with E-state index in [4.69, 9.17) is 9.47 Å². The van der Waals surface area contributed by atoms with Crippen molar-refractivity contribution in [2.75, 3.05) is 19.5 Å². The molecule has 0 unspecified atom stereocenters. The Labute approximate surface area is 159 Å². The smallest absolute Gasteiger partial charge is 0.251 e. The molecule has 138 valence electrons. The van der Waals surface area contributed by atoms with Crippen molar-refractivity contribution < 1.29 is 14.3 Å². The molecule has 1 heterocycles. The van der Waals surface area contributed by atoms with Gasteiger partial charge in [0, 0.05) is 16.2 Å². The van der Waals surface area contributed by atoms with Crippen LogP contribution in [0.2, 0.25) is 0 Å². The molecule has 0 radical (unpaired) electrons. The summed E-state index contributed by atoms with van der Waals surface area (Å²) in [5.74, 6) is 2.19. The highest BCUT2D eigenvalue weighted by Crippen LogP contribution is 2.36. The average Bonchev–Trinajstić information content (AvgIpc) is 2.68. The first-order valence-electron chi connectivity index (χ1n) is 9.06. The number of rotatable bonds is 7. The molecule has 0 saturated carbocycles. The highest BCUT2D eigenvalue weighted by molar-refractivity contribution is 7.99. The molecule has 0 aromatic heterocycles. The molecule has 1 N–H and O–H groups in total. The molecule has 26 heavy (non-hydrogen) atoms. The van der Waals surface area contributed by atoms with E-state index in [9.17, 15) is 4.79 Å². The van der Waals surface area contributed by atoms with Crippen molar-refractivity contribution in [3.05, 3.63) is 53.6 Å². The van der Waals surface area contributed by atoms with Crippen molar-refractivity contribution in [3.63, 3.8) is 0 Å². The summed E-state index contributed by atoms with van der Waals surface area (Å²) < 4.78 is 11.1. The second kappa shape index (κ2) is 8.99. The Hall–Kier alpha value is -2.14. The van der Waals surface area contributed by atoms with Gasteiger partial charge < -0.3 is 14.8 Å². The van der Waals surface area contributed by atoms with Gasteiger partial charge in [-0.1, -0.05) is 31.5 Å². The molecule has 2 aromatic rings. The highest BCUT2D eigenvalue weighted by atomic mass is 32.2. The van der Waals surface area contributed by atoms with E-state index in [1.54, 1.807) is 19.2 Å². The van der Waals surface area contributed by atoms with Gasteiger partial charge in [-0.15, -0.1) is 11.8 Å². The molecule has 0 saturated heterocycles. The predicted octanol–water partition coefficient (Wildman–Crippen LogP) is 4.84. The number of nitrogens with one attached hydrogen (secondary N) is 1. The van der Waals surface area contributed by atoms with Gasteiger partial charge in [0.05, 0.1) is 19.8 Å². The normalized spacial score (nSPS) is 15.8. The first-order chi connectivity index (χ1) is 12.7. The monoisotopic (exact) mass is 371 g/mol. The molecule has 4 nitrogen and oxygen atoms in total. The third-order valence-corrected chi connectivity index (χ3v) is 5.57. The van der Waals surface area contributed by atoms with E-state index >= 15 is 0 Å². The molecular weight excluding hydrogens is 346 g/mol. The molecule has 1 amide bonds. The van der Waals surface area contributed by atoms with Crippen molar-refractivity contribution in [3.8, 4) is 11.5 Å². The van der Waals surface area contributed by atoms with Crippen LogP contribution in [-0.4, -0.2) is 25.4 Å². The molecule has 1 atom stereocenters. The number of fused-ring (bicyclic) bond motifs is 1. The summed E-state index contributed by atoms with van der Waals surface area (Å²) in [5.41, 5.74) is 1.78. The summed E-state index contributed by atoms with van der Waals surface area (Å²) >= 11 is 1.84. The van der Waals surface area contributed by atoms with E-state index in [1.807, 2.05) is 30.0 Å². The molecular formula is C21H25NO3S. The third kappa shape index (κ3) is 4.33. The minimum Gasteiger partial charge on any atom is -0.493 e. The number of carbonyl (C=O) groups excluding carboxylic acids is 1. The highest BCUT2D eigenvalue weighted by Gasteiger charge is 2.22. The maximum atomic E-state index is 12.7. The average molecular weight is 372 g/mol. The summed E-state index contributed by atoms with van der Waals surface area (Å²) in [7, 11) is 1.60. The Kier molecular flexibility index (Phi) is 6.45. The van der Waals surface area contributed by atoms with Crippen LogP contribution in [0.5, 0.6) is 11.5 Å². The van der Waals surface area contributed by atoms with E-state index < -0.39 is 0 Å². The number of thioether (sulfide) groups is 1. The van der Waals surface area contributed by atoms with Crippen LogP contribution >= 0.6 is 11.8 Å². The van der Waals surface area contributed by atoms with Crippen LogP contribution < -0.4 is 14.8 Å². The van der Waals surface area contributed by atoms with Crippen molar-refractivity contribution in [2.45, 2.75) is 37.1 Å². The predicted molar refractivity (Wildman–Crippen MR) is 105 cm³/mol. The van der Waals surface area contributed by atoms with Gasteiger partial charge >= 0.3 is 0 Å². The lowest BCUT2D eigenvalue weighted by Gasteiger charge is -2.26. The SMILES string of the molecule is CCCCOc1ccc(C(=O)N[C@@H]2CCSc3ccccc32)cc1OC. The zero-order chi connectivity index (χ0) is 18.4. The van der Waals surface area contributed by atoms with E-state index in [1.165, 1.54) is 10.5 Å². The van der Waals surface area contributed by atoms with Gasteiger partial charge in [0.2, 0.25) is 0 Å². The molecule has 3 rings (SSSR count). The topological polar surface area (TPSA) is 47.6 Å². The summed E-state index contributed by atoms with van der Waals surface area (Å²) in [4.78, 5) is 14.0. The van der Waals surface area contributed by atoms with Gasteiger partial charge in [0.25, 0.3) is 5.91 Å². The molecule has 0 spiro atoms. The van der Waals surface area contributed by atoms with Crippen molar-refractivity contribution in [2.24, 2.45) is 0 Å². The number of ether oxygens (including phenoxy) is 2. The molecule has 0 bridgehead atoms. The lowest BCUT2D eigenvalue weighted by Crippen LogP contribution is -2.30. The van der Waals surface area contributed by atoms with Crippen LogP contribution in [0.4, 0.5) is 0 Å². The van der Waals surface area contributed by atoms with Gasteiger partial charge in [-0.3, -0.25) is 4.79 Å². The lowest BCUT2D eigenvalue weighted by molar-refractivity contribution is 0.0934. The van der Waals surface area contributed by atoms with Crippen LogP contribution in [0.1, 0.15) is 48.1 Å². The summed E-state index contributed by atoms with van der Waals surface area (Å²) in [5, 5.41) is 3.17. The first kappa shape index (κ1) is 18.6. The maximum Gasteiger partial charge on any atom is 0.251 e. The number of hydrogen-bond acceptors (Lipinski definition) is 4. The number of carbonyl (C=O) groups is 1. The first-order valence-corrected chi connectivity index (χ1v) is 10.0. The van der Waals surface area contributed by atoms with Crippen molar-refractivity contribution in [1.29, 1.82) is 0 Å². The maximum absolute atomic E-state index is 12.7. The minimum absolute atomic E-state index is 0.0476. The van der Waals surface area contributed by atoms with Crippen LogP contribution in [0, 0.1) is 0 Å². The Bertz CT molecular complexity index is 763. The fourth-order valence-electron chi connectivity index (χ4n) is 2.99. The van der Waals surface area contributed by atoms with E-state index in [0.717, 1.165) is 25.0 Å². The Balaban J connectivity index is 1.72. The zero-order valence-corrected chi connectivity index (χ0v) is 16.1. The molecule has 2 aromatic carbocycles.